The first-order valence-corrected chi connectivity index (χ1v) is 5.57. The summed E-state index contributed by atoms with van der Waals surface area (Å²) in [5.41, 5.74) is 2.52. The highest BCUT2D eigenvalue weighted by atomic mass is 16.3. The van der Waals surface area contributed by atoms with Crippen LogP contribution in [0.15, 0.2) is 24.3 Å². The van der Waals surface area contributed by atoms with Crippen molar-refractivity contribution >= 4 is 0 Å². The van der Waals surface area contributed by atoms with Gasteiger partial charge in [0.15, 0.2) is 0 Å². The second kappa shape index (κ2) is 5.89. The Morgan fingerprint density at radius 3 is 2.27 bits per heavy atom. The Morgan fingerprint density at radius 1 is 1.20 bits per heavy atom. The van der Waals surface area contributed by atoms with Gasteiger partial charge in [-0.05, 0) is 18.9 Å². The van der Waals surface area contributed by atoms with Crippen molar-refractivity contribution in [1.82, 2.24) is 5.32 Å². The van der Waals surface area contributed by atoms with Gasteiger partial charge in [-0.1, -0.05) is 43.7 Å². The van der Waals surface area contributed by atoms with Crippen molar-refractivity contribution in [2.75, 3.05) is 6.61 Å². The lowest BCUT2D eigenvalue weighted by atomic mass is 10.0. The summed E-state index contributed by atoms with van der Waals surface area (Å²) >= 11 is 0. The maximum atomic E-state index is 9.03. The number of rotatable bonds is 5. The van der Waals surface area contributed by atoms with Gasteiger partial charge in [0.05, 0.1) is 0 Å². The molecule has 2 N–H and O–H groups in total. The number of aliphatic hydroxyl groups is 1. The van der Waals surface area contributed by atoms with E-state index in [1.807, 2.05) is 0 Å². The molecule has 0 saturated heterocycles. The normalized spacial score (nSPS) is 13.1. The summed E-state index contributed by atoms with van der Waals surface area (Å²) in [6, 6.07) is 9.18. The van der Waals surface area contributed by atoms with Crippen LogP contribution in [0.3, 0.4) is 0 Å². The van der Waals surface area contributed by atoms with Gasteiger partial charge in [-0.3, -0.25) is 0 Å². The largest absolute Gasteiger partial charge is 0.396 e. The number of nitrogens with one attached hydrogen (secondary N) is 1. The van der Waals surface area contributed by atoms with Gasteiger partial charge in [-0.2, -0.15) is 0 Å². The molecule has 0 aliphatic rings. The minimum atomic E-state index is 0.220. The lowest BCUT2D eigenvalue weighted by Gasteiger charge is -2.21. The Labute approximate surface area is 92.3 Å². The van der Waals surface area contributed by atoms with Crippen molar-refractivity contribution in [3.05, 3.63) is 35.4 Å². The summed E-state index contributed by atoms with van der Waals surface area (Å²) in [6.07, 6.45) is 0.765. The molecule has 1 unspecified atom stereocenters. The molecule has 0 radical (unpaired) electrons. The van der Waals surface area contributed by atoms with E-state index in [1.165, 1.54) is 11.1 Å². The molecule has 0 aliphatic carbocycles. The third kappa shape index (κ3) is 4.02. The minimum absolute atomic E-state index is 0.220. The third-order valence-corrected chi connectivity index (χ3v) is 2.43. The van der Waals surface area contributed by atoms with Crippen LogP contribution in [-0.4, -0.2) is 17.8 Å². The fraction of sp³-hybridized carbons (Fsp3) is 0.538. The van der Waals surface area contributed by atoms with Crippen molar-refractivity contribution in [3.8, 4) is 0 Å². The van der Waals surface area contributed by atoms with Crippen LogP contribution < -0.4 is 5.32 Å². The number of aryl methyl sites for hydroxylation is 1. The van der Waals surface area contributed by atoms with E-state index in [9.17, 15) is 0 Å². The highest BCUT2D eigenvalue weighted by Gasteiger charge is 2.11. The van der Waals surface area contributed by atoms with Gasteiger partial charge in [0.2, 0.25) is 0 Å². The van der Waals surface area contributed by atoms with Crippen LogP contribution in [0.1, 0.15) is 37.4 Å². The predicted molar refractivity (Wildman–Crippen MR) is 63.9 cm³/mol. The van der Waals surface area contributed by atoms with Crippen LogP contribution in [0.5, 0.6) is 0 Å². The van der Waals surface area contributed by atoms with Crippen LogP contribution in [0.2, 0.25) is 0 Å². The van der Waals surface area contributed by atoms with Gasteiger partial charge in [0.25, 0.3) is 0 Å². The van der Waals surface area contributed by atoms with Crippen LogP contribution in [0.25, 0.3) is 0 Å². The molecule has 0 spiro atoms. The van der Waals surface area contributed by atoms with Gasteiger partial charge < -0.3 is 10.4 Å². The molecule has 0 amide bonds. The molecule has 0 heterocycles. The molecule has 0 fully saturated rings. The standard InChI is InChI=1S/C13H21NO/c1-10(2)14-13(8-9-15)12-6-4-11(3)5-7-12/h4-7,10,13-15H,8-9H2,1-3H3. The van der Waals surface area contributed by atoms with E-state index in [1.54, 1.807) is 0 Å². The zero-order valence-electron chi connectivity index (χ0n) is 9.83. The van der Waals surface area contributed by atoms with Crippen molar-refractivity contribution in [2.45, 2.75) is 39.3 Å². The molecule has 0 bridgehead atoms. The molecule has 0 aliphatic heterocycles. The van der Waals surface area contributed by atoms with E-state index in [0.29, 0.717) is 6.04 Å². The summed E-state index contributed by atoms with van der Waals surface area (Å²) in [5, 5.41) is 12.5. The second-order valence-corrected chi connectivity index (χ2v) is 4.30. The summed E-state index contributed by atoms with van der Waals surface area (Å²) in [7, 11) is 0. The predicted octanol–water partition coefficient (Wildman–Crippen LogP) is 2.42. The van der Waals surface area contributed by atoms with Gasteiger partial charge in [0, 0.05) is 18.7 Å². The topological polar surface area (TPSA) is 32.3 Å². The quantitative estimate of drug-likeness (QED) is 0.777. The first-order chi connectivity index (χ1) is 7.13. The summed E-state index contributed by atoms with van der Waals surface area (Å²) in [4.78, 5) is 0. The number of hydrogen-bond acceptors (Lipinski definition) is 2. The van der Waals surface area contributed by atoms with Crippen molar-refractivity contribution < 1.29 is 5.11 Å². The highest BCUT2D eigenvalue weighted by molar-refractivity contribution is 5.24. The molecule has 1 aromatic rings. The van der Waals surface area contributed by atoms with Crippen LogP contribution in [0, 0.1) is 6.92 Å². The van der Waals surface area contributed by atoms with E-state index in [-0.39, 0.29) is 12.6 Å². The number of hydrogen-bond donors (Lipinski definition) is 2. The molecule has 1 rings (SSSR count). The third-order valence-electron chi connectivity index (χ3n) is 2.43. The molecule has 0 saturated carbocycles. The fourth-order valence-corrected chi connectivity index (χ4v) is 1.68. The van der Waals surface area contributed by atoms with Gasteiger partial charge in [0.1, 0.15) is 0 Å². The molecule has 84 valence electrons. The Balaban J connectivity index is 2.74. The Hall–Kier alpha value is -0.860. The minimum Gasteiger partial charge on any atom is -0.396 e. The van der Waals surface area contributed by atoms with E-state index < -0.39 is 0 Å². The van der Waals surface area contributed by atoms with Crippen LogP contribution >= 0.6 is 0 Å². The molecule has 15 heavy (non-hydrogen) atoms. The molecular weight excluding hydrogens is 186 g/mol. The maximum absolute atomic E-state index is 9.03. The molecule has 2 nitrogen and oxygen atoms in total. The Bertz CT molecular complexity index is 279. The first-order valence-electron chi connectivity index (χ1n) is 5.57. The van der Waals surface area contributed by atoms with Crippen LogP contribution in [-0.2, 0) is 0 Å². The monoisotopic (exact) mass is 207 g/mol. The Kier molecular flexibility index (Phi) is 4.79. The Morgan fingerprint density at radius 2 is 1.80 bits per heavy atom. The average molecular weight is 207 g/mol. The second-order valence-electron chi connectivity index (χ2n) is 4.30. The van der Waals surface area contributed by atoms with E-state index in [2.05, 4.69) is 50.4 Å². The molecule has 0 aromatic heterocycles. The number of aliphatic hydroxyl groups excluding tert-OH is 1. The zero-order valence-corrected chi connectivity index (χ0v) is 9.83. The van der Waals surface area contributed by atoms with Gasteiger partial charge >= 0.3 is 0 Å². The van der Waals surface area contributed by atoms with Crippen LogP contribution in [0.4, 0.5) is 0 Å². The average Bonchev–Trinajstić information content (AvgIpc) is 2.17. The lowest BCUT2D eigenvalue weighted by molar-refractivity contribution is 0.261. The maximum Gasteiger partial charge on any atom is 0.0449 e. The summed E-state index contributed by atoms with van der Waals surface area (Å²) in [6.45, 7) is 6.55. The smallest absolute Gasteiger partial charge is 0.0449 e. The van der Waals surface area contributed by atoms with E-state index in [4.69, 9.17) is 5.11 Å². The molecular formula is C13H21NO. The van der Waals surface area contributed by atoms with Crippen molar-refractivity contribution in [3.63, 3.8) is 0 Å². The lowest BCUT2D eigenvalue weighted by Crippen LogP contribution is -2.28. The highest BCUT2D eigenvalue weighted by Crippen LogP contribution is 2.17. The fourth-order valence-electron chi connectivity index (χ4n) is 1.68. The molecule has 1 aromatic carbocycles. The van der Waals surface area contributed by atoms with Gasteiger partial charge in [-0.15, -0.1) is 0 Å². The zero-order chi connectivity index (χ0) is 11.3. The van der Waals surface area contributed by atoms with E-state index >= 15 is 0 Å². The van der Waals surface area contributed by atoms with E-state index in [0.717, 1.165) is 6.42 Å². The molecule has 1 atom stereocenters. The van der Waals surface area contributed by atoms with Crippen molar-refractivity contribution in [1.29, 1.82) is 0 Å². The molecule has 2 heteroatoms. The first kappa shape index (κ1) is 12.2. The summed E-state index contributed by atoms with van der Waals surface area (Å²) in [5.74, 6) is 0. The van der Waals surface area contributed by atoms with Gasteiger partial charge in [-0.25, -0.2) is 0 Å². The van der Waals surface area contributed by atoms with Crippen molar-refractivity contribution in [2.24, 2.45) is 0 Å². The SMILES string of the molecule is Cc1ccc(C(CCO)NC(C)C)cc1. The summed E-state index contributed by atoms with van der Waals surface area (Å²) < 4.78 is 0. The number of benzene rings is 1.